The number of aromatic nitrogens is 2. The third-order valence-corrected chi connectivity index (χ3v) is 2.54. The molecule has 2 unspecified atom stereocenters. The van der Waals surface area contributed by atoms with E-state index in [-0.39, 0.29) is 0 Å². The summed E-state index contributed by atoms with van der Waals surface area (Å²) in [6, 6.07) is 2.00. The Morgan fingerprint density at radius 1 is 1.64 bits per heavy atom. The van der Waals surface area contributed by atoms with Gasteiger partial charge in [0.25, 0.3) is 0 Å². The number of nitrogens with zero attached hydrogens (tertiary/aromatic N) is 1. The number of hydrogen-bond acceptors (Lipinski definition) is 1. The normalized spacial score (nSPS) is 16.0. The van der Waals surface area contributed by atoms with Crippen molar-refractivity contribution in [2.75, 3.05) is 0 Å². The molecule has 0 spiro atoms. The van der Waals surface area contributed by atoms with Crippen LogP contribution in [0.5, 0.6) is 0 Å². The topological polar surface area (TPSA) is 28.7 Å². The van der Waals surface area contributed by atoms with E-state index in [1.165, 1.54) is 0 Å². The number of rotatable bonds is 3. The molecule has 14 heavy (non-hydrogen) atoms. The van der Waals surface area contributed by atoms with E-state index in [0.29, 0.717) is 11.8 Å². The number of hydrogen-bond donors (Lipinski definition) is 1. The fourth-order valence-electron chi connectivity index (χ4n) is 1.39. The van der Waals surface area contributed by atoms with Crippen molar-refractivity contribution in [1.29, 1.82) is 0 Å². The van der Waals surface area contributed by atoms with Crippen molar-refractivity contribution in [3.8, 4) is 12.3 Å². The summed E-state index contributed by atoms with van der Waals surface area (Å²) in [6.07, 6.45) is 9.19. The molecular weight excluding hydrogens is 172 g/mol. The molecule has 2 atom stereocenters. The van der Waals surface area contributed by atoms with E-state index >= 15 is 0 Å². The Labute approximate surface area is 85.4 Å². The van der Waals surface area contributed by atoms with Crippen molar-refractivity contribution in [1.82, 2.24) is 10.2 Å². The monoisotopic (exact) mass is 188 g/mol. The Kier molecular flexibility index (Phi) is 3.53. The molecule has 74 valence electrons. The van der Waals surface area contributed by atoms with Crippen LogP contribution >= 0.6 is 0 Å². The van der Waals surface area contributed by atoms with Crippen molar-refractivity contribution in [2.24, 2.45) is 5.92 Å². The van der Waals surface area contributed by atoms with Gasteiger partial charge in [-0.3, -0.25) is 5.10 Å². The first-order valence-corrected chi connectivity index (χ1v) is 4.79. The van der Waals surface area contributed by atoms with Crippen LogP contribution in [0.3, 0.4) is 0 Å². The first-order chi connectivity index (χ1) is 6.65. The summed E-state index contributed by atoms with van der Waals surface area (Å²) < 4.78 is 0. The molecule has 0 aromatic carbocycles. The third kappa shape index (κ3) is 2.50. The van der Waals surface area contributed by atoms with Gasteiger partial charge < -0.3 is 0 Å². The van der Waals surface area contributed by atoms with Crippen LogP contribution in [-0.2, 0) is 0 Å². The van der Waals surface area contributed by atoms with Gasteiger partial charge in [-0.1, -0.05) is 25.8 Å². The lowest BCUT2D eigenvalue weighted by Gasteiger charge is -2.14. The van der Waals surface area contributed by atoms with Crippen LogP contribution in [0.2, 0.25) is 0 Å². The Hall–Kier alpha value is -1.49. The fraction of sp³-hybridized carbons (Fsp3) is 0.417. The highest BCUT2D eigenvalue weighted by Gasteiger charge is 2.13. The summed E-state index contributed by atoms with van der Waals surface area (Å²) in [6.45, 7) is 6.28. The van der Waals surface area contributed by atoms with Crippen molar-refractivity contribution < 1.29 is 0 Å². The van der Waals surface area contributed by atoms with E-state index < -0.39 is 0 Å². The summed E-state index contributed by atoms with van der Waals surface area (Å²) in [5.74, 6) is 3.47. The number of H-pyrrole nitrogens is 1. The average molecular weight is 188 g/mol. The van der Waals surface area contributed by atoms with Crippen molar-refractivity contribution >= 4 is 0 Å². The van der Waals surface area contributed by atoms with E-state index in [1.807, 2.05) is 13.0 Å². The maximum atomic E-state index is 5.30. The molecule has 2 heteroatoms. The molecule has 0 aliphatic heterocycles. The molecule has 0 bridgehead atoms. The molecule has 0 fully saturated rings. The maximum Gasteiger partial charge on any atom is 0.0490 e. The van der Waals surface area contributed by atoms with Crippen LogP contribution in [0, 0.1) is 18.3 Å². The molecule has 1 aromatic heterocycles. The Morgan fingerprint density at radius 2 is 2.36 bits per heavy atom. The first kappa shape index (κ1) is 10.6. The summed E-state index contributed by atoms with van der Waals surface area (Å²) in [7, 11) is 0. The van der Waals surface area contributed by atoms with Gasteiger partial charge in [-0.2, -0.15) is 5.10 Å². The highest BCUT2D eigenvalue weighted by atomic mass is 15.1. The number of nitrogens with one attached hydrogen (secondary N) is 1. The highest BCUT2D eigenvalue weighted by molar-refractivity contribution is 5.24. The van der Waals surface area contributed by atoms with Crippen LogP contribution in [0.4, 0.5) is 0 Å². The zero-order valence-electron chi connectivity index (χ0n) is 8.91. The van der Waals surface area contributed by atoms with Gasteiger partial charge in [-0.05, 0) is 24.5 Å². The molecule has 0 amide bonds. The van der Waals surface area contributed by atoms with Crippen LogP contribution in [0.15, 0.2) is 23.9 Å². The van der Waals surface area contributed by atoms with Crippen LogP contribution < -0.4 is 0 Å². The first-order valence-electron chi connectivity index (χ1n) is 4.79. The van der Waals surface area contributed by atoms with Gasteiger partial charge in [0.2, 0.25) is 0 Å². The van der Waals surface area contributed by atoms with Gasteiger partial charge in [-0.15, -0.1) is 6.42 Å². The number of aromatic amines is 1. The van der Waals surface area contributed by atoms with Crippen LogP contribution in [0.1, 0.15) is 32.4 Å². The Morgan fingerprint density at radius 3 is 2.86 bits per heavy atom. The Bertz CT molecular complexity index is 341. The minimum atomic E-state index is 0.417. The van der Waals surface area contributed by atoms with E-state index in [4.69, 9.17) is 6.42 Å². The number of allylic oxidation sites excluding steroid dienone is 2. The summed E-state index contributed by atoms with van der Waals surface area (Å²) >= 11 is 0. The third-order valence-electron chi connectivity index (χ3n) is 2.54. The summed E-state index contributed by atoms with van der Waals surface area (Å²) in [5, 5.41) is 6.92. The van der Waals surface area contributed by atoms with Gasteiger partial charge in [0.05, 0.1) is 0 Å². The largest absolute Gasteiger partial charge is 0.282 e. The maximum absolute atomic E-state index is 5.30. The molecule has 1 aromatic rings. The average Bonchev–Trinajstić information content (AvgIpc) is 2.69. The molecule has 1 N–H and O–H groups in total. The lowest BCUT2D eigenvalue weighted by atomic mass is 9.91. The zero-order valence-corrected chi connectivity index (χ0v) is 8.91. The van der Waals surface area contributed by atoms with Gasteiger partial charge in [-0.25, -0.2) is 0 Å². The molecular formula is C12H16N2. The SMILES string of the molecule is C#C/C(C)=C/C(C)C(C)c1ccn[nH]1. The lowest BCUT2D eigenvalue weighted by molar-refractivity contribution is 0.573. The molecule has 2 nitrogen and oxygen atoms in total. The molecule has 1 heterocycles. The predicted molar refractivity (Wildman–Crippen MR) is 58.8 cm³/mol. The van der Waals surface area contributed by atoms with Gasteiger partial charge in [0.15, 0.2) is 0 Å². The predicted octanol–water partition coefficient (Wildman–Crippen LogP) is 2.73. The molecule has 0 saturated heterocycles. The highest BCUT2D eigenvalue weighted by Crippen LogP contribution is 2.23. The second kappa shape index (κ2) is 4.66. The van der Waals surface area contributed by atoms with Crippen LogP contribution in [-0.4, -0.2) is 10.2 Å². The molecule has 0 aliphatic rings. The molecule has 0 aliphatic carbocycles. The van der Waals surface area contributed by atoms with E-state index in [2.05, 4.69) is 36.0 Å². The molecule has 0 saturated carbocycles. The zero-order chi connectivity index (χ0) is 10.6. The minimum Gasteiger partial charge on any atom is -0.282 e. The van der Waals surface area contributed by atoms with Crippen molar-refractivity contribution in [3.63, 3.8) is 0 Å². The molecule has 0 radical (unpaired) electrons. The Balaban J connectivity index is 2.72. The van der Waals surface area contributed by atoms with E-state index in [0.717, 1.165) is 11.3 Å². The van der Waals surface area contributed by atoms with Gasteiger partial charge in [0.1, 0.15) is 0 Å². The van der Waals surface area contributed by atoms with E-state index in [9.17, 15) is 0 Å². The second-order valence-corrected chi connectivity index (χ2v) is 3.65. The van der Waals surface area contributed by atoms with Crippen molar-refractivity contribution in [3.05, 3.63) is 29.6 Å². The standard InChI is InChI=1S/C12H16N2/c1-5-9(2)8-10(3)11(4)12-6-7-13-14-12/h1,6-8,10-11H,2-4H3,(H,13,14)/b9-8+. The van der Waals surface area contributed by atoms with Crippen molar-refractivity contribution in [2.45, 2.75) is 26.7 Å². The van der Waals surface area contributed by atoms with Crippen LogP contribution in [0.25, 0.3) is 0 Å². The van der Waals surface area contributed by atoms with E-state index in [1.54, 1.807) is 6.20 Å². The van der Waals surface area contributed by atoms with Gasteiger partial charge in [0, 0.05) is 17.8 Å². The number of terminal acetylenes is 1. The molecule has 1 rings (SSSR count). The summed E-state index contributed by atoms with van der Waals surface area (Å²) in [5.41, 5.74) is 2.14. The lowest BCUT2D eigenvalue weighted by Crippen LogP contribution is -2.04. The smallest absolute Gasteiger partial charge is 0.0490 e. The summed E-state index contributed by atoms with van der Waals surface area (Å²) in [4.78, 5) is 0. The quantitative estimate of drug-likeness (QED) is 0.726. The second-order valence-electron chi connectivity index (χ2n) is 3.65. The minimum absolute atomic E-state index is 0.417. The fourth-order valence-corrected chi connectivity index (χ4v) is 1.39. The van der Waals surface area contributed by atoms with Gasteiger partial charge >= 0.3 is 0 Å².